The monoisotopic (exact) mass is 344 g/mol. The Bertz CT molecular complexity index is 948. The number of esters is 1. The first kappa shape index (κ1) is 17.5. The Morgan fingerprint density at radius 3 is 2.42 bits per heavy atom. The van der Waals surface area contributed by atoms with Crippen LogP contribution in [0.3, 0.4) is 0 Å². The Morgan fingerprint density at radius 1 is 1.12 bits per heavy atom. The Balaban J connectivity index is 2.07. The first-order valence-electron chi connectivity index (χ1n) is 8.55. The molecule has 130 valence electrons. The summed E-state index contributed by atoms with van der Waals surface area (Å²) in [5, 5.41) is 9.00. The maximum atomic E-state index is 12.6. The lowest BCUT2D eigenvalue weighted by Gasteiger charge is -2.07. The molecular weight excluding hydrogens is 324 g/mol. The molecule has 3 aromatic rings. The highest BCUT2D eigenvalue weighted by Crippen LogP contribution is 2.29. The highest BCUT2D eigenvalue weighted by atomic mass is 16.5. The van der Waals surface area contributed by atoms with Crippen LogP contribution < -0.4 is 0 Å². The lowest BCUT2D eigenvalue weighted by atomic mass is 10.0. The quantitative estimate of drug-likeness (QED) is 0.638. The van der Waals surface area contributed by atoms with E-state index in [-0.39, 0.29) is 5.97 Å². The fourth-order valence-electron chi connectivity index (χ4n) is 3.00. The summed E-state index contributed by atoms with van der Waals surface area (Å²) in [6.45, 7) is 4.74. The van der Waals surface area contributed by atoms with Gasteiger partial charge in [-0.15, -0.1) is 0 Å². The van der Waals surface area contributed by atoms with Crippen LogP contribution in [0.15, 0.2) is 60.8 Å². The topological polar surface area (TPSA) is 55.0 Å². The third-order valence-corrected chi connectivity index (χ3v) is 4.35. The van der Waals surface area contributed by atoms with E-state index >= 15 is 0 Å². The van der Waals surface area contributed by atoms with Gasteiger partial charge in [-0.1, -0.05) is 42.5 Å². The predicted molar refractivity (Wildman–Crippen MR) is 101 cm³/mol. The average molecular weight is 344 g/mol. The summed E-state index contributed by atoms with van der Waals surface area (Å²) in [5.74, 6) is -0.323. The van der Waals surface area contributed by atoms with Crippen molar-refractivity contribution in [1.82, 2.24) is 4.57 Å². The minimum absolute atomic E-state index is 0.323. The van der Waals surface area contributed by atoms with Gasteiger partial charge in [0, 0.05) is 24.0 Å². The Labute approximate surface area is 153 Å². The smallest absolute Gasteiger partial charge is 0.340 e. The molecule has 1 heterocycles. The van der Waals surface area contributed by atoms with E-state index in [2.05, 4.69) is 22.8 Å². The summed E-state index contributed by atoms with van der Waals surface area (Å²) in [5.41, 5.74) is 4.90. The minimum atomic E-state index is -0.323. The Hall–Kier alpha value is -3.32. The molecule has 0 aliphatic carbocycles. The molecule has 0 unspecified atom stereocenters. The number of benzene rings is 2. The molecule has 0 bridgehead atoms. The van der Waals surface area contributed by atoms with Crippen molar-refractivity contribution in [3.63, 3.8) is 0 Å². The van der Waals surface area contributed by atoms with Crippen LogP contribution in [0.2, 0.25) is 0 Å². The molecule has 1 aromatic heterocycles. The fraction of sp³-hybridized carbons (Fsp3) is 0.182. The number of nitrogens with zero attached hydrogens (tertiary/aromatic N) is 2. The van der Waals surface area contributed by atoms with Crippen molar-refractivity contribution < 1.29 is 9.53 Å². The van der Waals surface area contributed by atoms with E-state index in [1.807, 2.05) is 43.5 Å². The van der Waals surface area contributed by atoms with Crippen LogP contribution in [-0.4, -0.2) is 17.1 Å². The zero-order valence-corrected chi connectivity index (χ0v) is 14.9. The first-order valence-corrected chi connectivity index (χ1v) is 8.55. The van der Waals surface area contributed by atoms with Gasteiger partial charge in [0.2, 0.25) is 0 Å². The third-order valence-electron chi connectivity index (χ3n) is 4.35. The van der Waals surface area contributed by atoms with Crippen molar-refractivity contribution in [2.24, 2.45) is 0 Å². The van der Waals surface area contributed by atoms with Crippen molar-refractivity contribution in [3.05, 3.63) is 83.2 Å². The Kier molecular flexibility index (Phi) is 5.19. The molecule has 0 atom stereocenters. The molecule has 4 heteroatoms. The number of nitriles is 1. The summed E-state index contributed by atoms with van der Waals surface area (Å²) in [7, 11) is 0. The van der Waals surface area contributed by atoms with Gasteiger partial charge in [0.25, 0.3) is 0 Å². The van der Waals surface area contributed by atoms with Crippen molar-refractivity contribution in [1.29, 1.82) is 5.26 Å². The number of ether oxygens (including phenoxy) is 1. The maximum Gasteiger partial charge on any atom is 0.340 e. The second-order valence-electron chi connectivity index (χ2n) is 6.03. The van der Waals surface area contributed by atoms with Crippen molar-refractivity contribution in [2.45, 2.75) is 20.4 Å². The molecular formula is C22H20N2O2. The zero-order chi connectivity index (χ0) is 18.5. The number of carbonyl (C=O) groups excluding carboxylic acids is 1. The van der Waals surface area contributed by atoms with Crippen LogP contribution in [0.25, 0.3) is 11.1 Å². The SMILES string of the molecule is CCOC(=O)c1c(-c2ccc(C#N)cc2)cn(Cc2ccccc2)c1C. The van der Waals surface area contributed by atoms with E-state index in [1.54, 1.807) is 19.1 Å². The van der Waals surface area contributed by atoms with Gasteiger partial charge in [0.05, 0.1) is 23.8 Å². The molecule has 0 spiro atoms. The summed E-state index contributed by atoms with van der Waals surface area (Å²) in [4.78, 5) is 12.6. The average Bonchev–Trinajstić information content (AvgIpc) is 2.99. The van der Waals surface area contributed by atoms with Crippen LogP contribution in [0.5, 0.6) is 0 Å². The maximum absolute atomic E-state index is 12.6. The molecule has 2 aromatic carbocycles. The van der Waals surface area contributed by atoms with E-state index in [9.17, 15) is 4.79 Å². The number of hydrogen-bond donors (Lipinski definition) is 0. The van der Waals surface area contributed by atoms with Crippen LogP contribution in [0.1, 0.15) is 34.1 Å². The summed E-state index contributed by atoms with van der Waals surface area (Å²) in [6.07, 6.45) is 1.98. The second-order valence-corrected chi connectivity index (χ2v) is 6.03. The van der Waals surface area contributed by atoms with E-state index in [0.717, 1.165) is 22.4 Å². The first-order chi connectivity index (χ1) is 12.6. The third kappa shape index (κ3) is 3.52. The second kappa shape index (κ2) is 7.71. The Morgan fingerprint density at radius 2 is 1.81 bits per heavy atom. The molecule has 0 fully saturated rings. The minimum Gasteiger partial charge on any atom is -0.462 e. The van der Waals surface area contributed by atoms with Crippen molar-refractivity contribution in [3.8, 4) is 17.2 Å². The molecule has 0 radical (unpaired) electrons. The molecule has 26 heavy (non-hydrogen) atoms. The highest BCUT2D eigenvalue weighted by Gasteiger charge is 2.21. The van der Waals surface area contributed by atoms with Gasteiger partial charge in [0.15, 0.2) is 0 Å². The molecule has 0 amide bonds. The van der Waals surface area contributed by atoms with Gasteiger partial charge in [-0.2, -0.15) is 5.26 Å². The lowest BCUT2D eigenvalue weighted by Crippen LogP contribution is -2.08. The standard InChI is InChI=1S/C22H20N2O2/c1-3-26-22(25)21-16(2)24(14-18-7-5-4-6-8-18)15-20(21)19-11-9-17(13-23)10-12-19/h4-12,15H,3,14H2,1-2H3. The fourth-order valence-corrected chi connectivity index (χ4v) is 3.00. The lowest BCUT2D eigenvalue weighted by molar-refractivity contribution is 0.0526. The van der Waals surface area contributed by atoms with Gasteiger partial charge in [-0.3, -0.25) is 0 Å². The van der Waals surface area contributed by atoms with Crippen molar-refractivity contribution in [2.75, 3.05) is 6.61 Å². The summed E-state index contributed by atoms with van der Waals surface area (Å²) < 4.78 is 7.34. The van der Waals surface area contributed by atoms with E-state index in [1.165, 1.54) is 0 Å². The highest BCUT2D eigenvalue weighted by molar-refractivity contribution is 5.98. The molecule has 0 saturated heterocycles. The van der Waals surface area contributed by atoms with E-state index in [4.69, 9.17) is 10.00 Å². The molecule has 4 nitrogen and oxygen atoms in total. The molecule has 0 saturated carbocycles. The van der Waals surface area contributed by atoms with Gasteiger partial charge >= 0.3 is 5.97 Å². The van der Waals surface area contributed by atoms with Crippen LogP contribution in [-0.2, 0) is 11.3 Å². The largest absolute Gasteiger partial charge is 0.462 e. The van der Waals surface area contributed by atoms with Crippen LogP contribution in [0.4, 0.5) is 0 Å². The van der Waals surface area contributed by atoms with E-state index in [0.29, 0.717) is 24.3 Å². The zero-order valence-electron chi connectivity index (χ0n) is 14.9. The van der Waals surface area contributed by atoms with Gasteiger partial charge in [0.1, 0.15) is 0 Å². The molecule has 0 aliphatic rings. The summed E-state index contributed by atoms with van der Waals surface area (Å²) in [6, 6.07) is 19.5. The van der Waals surface area contributed by atoms with Crippen LogP contribution in [0, 0.1) is 18.3 Å². The number of aromatic nitrogens is 1. The predicted octanol–water partition coefficient (Wildman–Crippen LogP) is 4.56. The molecule has 3 rings (SSSR count). The van der Waals surface area contributed by atoms with Gasteiger partial charge in [-0.25, -0.2) is 4.79 Å². The molecule has 0 aliphatic heterocycles. The van der Waals surface area contributed by atoms with Gasteiger partial charge in [-0.05, 0) is 37.1 Å². The number of hydrogen-bond acceptors (Lipinski definition) is 3. The number of rotatable bonds is 5. The van der Waals surface area contributed by atoms with Crippen LogP contribution >= 0.6 is 0 Å². The number of carbonyl (C=O) groups is 1. The van der Waals surface area contributed by atoms with Gasteiger partial charge < -0.3 is 9.30 Å². The van der Waals surface area contributed by atoms with Crippen molar-refractivity contribution >= 4 is 5.97 Å². The van der Waals surface area contributed by atoms with E-state index < -0.39 is 0 Å². The molecule has 0 N–H and O–H groups in total. The summed E-state index contributed by atoms with van der Waals surface area (Å²) >= 11 is 0. The normalized spacial score (nSPS) is 10.3.